The Morgan fingerprint density at radius 2 is 0.929 bits per heavy atom. The van der Waals surface area contributed by atoms with Crippen LogP contribution in [0.25, 0.3) is 0 Å². The summed E-state index contributed by atoms with van der Waals surface area (Å²) in [5.74, 6) is 0. The molecule has 0 radical (unpaired) electrons. The zero-order valence-corrected chi connectivity index (χ0v) is 11.0. The minimum atomic E-state index is 1.06. The molecule has 0 aliphatic carbocycles. The van der Waals surface area contributed by atoms with Crippen LogP contribution < -0.4 is 0 Å². The van der Waals surface area contributed by atoms with Gasteiger partial charge < -0.3 is 0 Å². The van der Waals surface area contributed by atoms with Gasteiger partial charge in [-0.2, -0.15) is 0 Å². The highest BCUT2D eigenvalue weighted by Crippen LogP contribution is 1.94. The molecule has 0 atom stereocenters. The van der Waals surface area contributed by atoms with E-state index in [2.05, 4.69) is 40.9 Å². The predicted molar refractivity (Wildman–Crippen MR) is 70.7 cm³/mol. The first-order valence-electron chi connectivity index (χ1n) is 5.45. The van der Waals surface area contributed by atoms with Crippen molar-refractivity contribution in [3.8, 4) is 0 Å². The van der Waals surface area contributed by atoms with Gasteiger partial charge in [-0.1, -0.05) is 77.0 Å². The minimum absolute atomic E-state index is 1.06. The lowest BCUT2D eigenvalue weighted by Gasteiger charge is -1.84. The molecule has 0 N–H and O–H groups in total. The molecule has 0 aliphatic rings. The first-order valence-corrected chi connectivity index (χ1v) is 5.45. The van der Waals surface area contributed by atoms with Crippen molar-refractivity contribution in [1.82, 2.24) is 0 Å². The molecular weight excluding hydrogens is 168 g/mol. The van der Waals surface area contributed by atoms with Gasteiger partial charge in [-0.25, -0.2) is 0 Å². The molecule has 84 valence electrons. The summed E-state index contributed by atoms with van der Waals surface area (Å²) in [6.07, 6.45) is 6.39. The minimum Gasteiger partial charge on any atom is -0.0961 e. The van der Waals surface area contributed by atoms with E-state index in [1.807, 2.05) is 26.0 Å². The Hall–Kier alpha value is -0.780. The number of hydrogen-bond donors (Lipinski definition) is 0. The van der Waals surface area contributed by atoms with Crippen molar-refractivity contribution in [3.05, 3.63) is 36.5 Å². The fourth-order valence-electron chi connectivity index (χ4n) is 0.285. The third-order valence-corrected chi connectivity index (χ3v) is 0.652. The van der Waals surface area contributed by atoms with E-state index in [0.29, 0.717) is 0 Å². The summed E-state index contributed by atoms with van der Waals surface area (Å²) in [7, 11) is 0. The molecule has 0 bridgehead atoms. The lowest BCUT2D eigenvalue weighted by atomic mass is 10.2. The first kappa shape index (κ1) is 18.9. The van der Waals surface area contributed by atoms with E-state index in [0.717, 1.165) is 11.1 Å². The van der Waals surface area contributed by atoms with Crippen molar-refractivity contribution >= 4 is 0 Å². The van der Waals surface area contributed by atoms with Gasteiger partial charge in [-0.3, -0.25) is 0 Å². The van der Waals surface area contributed by atoms with Crippen molar-refractivity contribution in [2.75, 3.05) is 0 Å². The Kier molecular flexibility index (Phi) is 24.4. The Morgan fingerprint density at radius 1 is 0.786 bits per heavy atom. The first-order chi connectivity index (χ1) is 6.45. The van der Waals surface area contributed by atoms with Gasteiger partial charge in [0.2, 0.25) is 0 Å². The molecule has 14 heavy (non-hydrogen) atoms. The van der Waals surface area contributed by atoms with Gasteiger partial charge in [0.1, 0.15) is 0 Å². The molecule has 0 unspecified atom stereocenters. The van der Waals surface area contributed by atoms with Crippen molar-refractivity contribution < 1.29 is 0 Å². The van der Waals surface area contributed by atoms with Gasteiger partial charge >= 0.3 is 0 Å². The fraction of sp³-hybridized carbons (Fsp3) is 0.571. The Balaban J connectivity index is -0.000000168. The SMILES string of the molecule is C=C(C)/C=C\C(=C)C.CCC.CCC. The molecule has 0 aromatic rings. The largest absolute Gasteiger partial charge is 0.0961 e. The lowest BCUT2D eigenvalue weighted by molar-refractivity contribution is 1.09. The number of rotatable bonds is 2. The third-order valence-electron chi connectivity index (χ3n) is 0.652. The van der Waals surface area contributed by atoms with E-state index in [-0.39, 0.29) is 0 Å². The number of allylic oxidation sites excluding steroid dienone is 4. The van der Waals surface area contributed by atoms with Gasteiger partial charge in [-0.05, 0) is 13.8 Å². The van der Waals surface area contributed by atoms with Crippen LogP contribution in [0, 0.1) is 0 Å². The van der Waals surface area contributed by atoms with Gasteiger partial charge in [0.15, 0.2) is 0 Å². The lowest BCUT2D eigenvalue weighted by Crippen LogP contribution is -1.62. The highest BCUT2D eigenvalue weighted by atomic mass is 13.8. The van der Waals surface area contributed by atoms with E-state index in [1.54, 1.807) is 0 Å². The summed E-state index contributed by atoms with van der Waals surface area (Å²) in [6.45, 7) is 19.8. The van der Waals surface area contributed by atoms with Crippen LogP contribution in [0.4, 0.5) is 0 Å². The Bertz CT molecular complexity index is 131. The van der Waals surface area contributed by atoms with Crippen molar-refractivity contribution in [3.63, 3.8) is 0 Å². The molecule has 0 aliphatic heterocycles. The van der Waals surface area contributed by atoms with Crippen LogP contribution >= 0.6 is 0 Å². The summed E-state index contributed by atoms with van der Waals surface area (Å²) < 4.78 is 0. The summed E-state index contributed by atoms with van der Waals surface area (Å²) in [5, 5.41) is 0. The van der Waals surface area contributed by atoms with Crippen LogP contribution in [-0.2, 0) is 0 Å². The second-order valence-corrected chi connectivity index (χ2v) is 3.44. The molecule has 0 saturated heterocycles. The van der Waals surface area contributed by atoms with Crippen LogP contribution in [0.5, 0.6) is 0 Å². The average Bonchev–Trinajstić information content (AvgIpc) is 2.04. The van der Waals surface area contributed by atoms with E-state index in [1.165, 1.54) is 12.8 Å². The second-order valence-electron chi connectivity index (χ2n) is 3.44. The maximum atomic E-state index is 3.70. The van der Waals surface area contributed by atoms with Crippen LogP contribution in [0.3, 0.4) is 0 Å². The van der Waals surface area contributed by atoms with Gasteiger partial charge in [0, 0.05) is 0 Å². The number of hydrogen-bond acceptors (Lipinski definition) is 0. The summed E-state index contributed by atoms with van der Waals surface area (Å²) >= 11 is 0. The Morgan fingerprint density at radius 3 is 1.00 bits per heavy atom. The predicted octanol–water partition coefficient (Wildman–Crippen LogP) is 5.53. The van der Waals surface area contributed by atoms with E-state index in [4.69, 9.17) is 0 Å². The van der Waals surface area contributed by atoms with E-state index >= 15 is 0 Å². The second kappa shape index (κ2) is 18.1. The zero-order chi connectivity index (χ0) is 12.0. The van der Waals surface area contributed by atoms with Crippen LogP contribution in [0.15, 0.2) is 36.5 Å². The standard InChI is InChI=1S/C8H12.2C3H8/c1-7(2)5-6-8(3)4;2*1-3-2/h5-6H,1,3H2,2,4H3;2*3H2,1-2H3/b6-5-;;. The molecule has 0 aromatic carbocycles. The molecule has 0 spiro atoms. The molecule has 0 amide bonds. The molecule has 0 heteroatoms. The maximum Gasteiger partial charge on any atom is -0.0404 e. The molecule has 0 fully saturated rings. The summed E-state index contributed by atoms with van der Waals surface area (Å²) in [4.78, 5) is 0. The molecule has 0 aromatic heterocycles. The maximum absolute atomic E-state index is 3.70. The third kappa shape index (κ3) is 65.8. The molecule has 0 rings (SSSR count). The highest BCUT2D eigenvalue weighted by Gasteiger charge is 1.72. The Labute approximate surface area is 91.4 Å². The zero-order valence-electron chi connectivity index (χ0n) is 11.0. The van der Waals surface area contributed by atoms with Crippen molar-refractivity contribution in [2.45, 2.75) is 54.4 Å². The van der Waals surface area contributed by atoms with Gasteiger partial charge in [-0.15, -0.1) is 0 Å². The van der Waals surface area contributed by atoms with Gasteiger partial charge in [0.25, 0.3) is 0 Å². The van der Waals surface area contributed by atoms with Crippen LogP contribution in [0.2, 0.25) is 0 Å². The van der Waals surface area contributed by atoms with Crippen LogP contribution in [-0.4, -0.2) is 0 Å². The smallest absolute Gasteiger partial charge is 0.0404 e. The molecule has 0 saturated carbocycles. The summed E-state index contributed by atoms with van der Waals surface area (Å²) in [5.41, 5.74) is 2.13. The summed E-state index contributed by atoms with van der Waals surface area (Å²) in [6, 6.07) is 0. The van der Waals surface area contributed by atoms with E-state index < -0.39 is 0 Å². The quantitative estimate of drug-likeness (QED) is 0.510. The molecule has 0 heterocycles. The topological polar surface area (TPSA) is 0 Å². The molecule has 0 nitrogen and oxygen atoms in total. The van der Waals surface area contributed by atoms with Crippen LogP contribution in [0.1, 0.15) is 54.4 Å². The van der Waals surface area contributed by atoms with Crippen molar-refractivity contribution in [1.29, 1.82) is 0 Å². The fourth-order valence-corrected chi connectivity index (χ4v) is 0.285. The molecular formula is C14H28. The normalized spacial score (nSPS) is 8.14. The van der Waals surface area contributed by atoms with Gasteiger partial charge in [0.05, 0.1) is 0 Å². The van der Waals surface area contributed by atoms with E-state index in [9.17, 15) is 0 Å². The average molecular weight is 196 g/mol. The monoisotopic (exact) mass is 196 g/mol. The van der Waals surface area contributed by atoms with Crippen molar-refractivity contribution in [2.24, 2.45) is 0 Å². The highest BCUT2D eigenvalue weighted by molar-refractivity contribution is 5.20.